The minimum atomic E-state index is -3.46. The van der Waals surface area contributed by atoms with Crippen LogP contribution in [0.25, 0.3) is 0 Å². The molecule has 7 heteroatoms. The second-order valence-corrected chi connectivity index (χ2v) is 9.48. The predicted molar refractivity (Wildman–Crippen MR) is 83.8 cm³/mol. The molecular weight excluding hydrogens is 348 g/mol. The van der Waals surface area contributed by atoms with Crippen molar-refractivity contribution < 1.29 is 8.42 Å². The van der Waals surface area contributed by atoms with Gasteiger partial charge in [0.05, 0.1) is 3.79 Å². The number of rotatable bonds is 6. The average Bonchev–Trinajstić information content (AvgIpc) is 2.69. The molecule has 0 fully saturated rings. The monoisotopic (exact) mass is 368 g/mol. The molecule has 0 aliphatic rings. The Bertz CT molecular complexity index is 526. The second-order valence-electron chi connectivity index (χ2n) is 5.05. The number of nitrogens with zero attached hydrogens (tertiary/aromatic N) is 1. The molecule has 1 atom stereocenters. The first-order valence-electron chi connectivity index (χ1n) is 6.16. The van der Waals surface area contributed by atoms with Gasteiger partial charge in [-0.05, 0) is 41.3 Å². The minimum Gasteiger partial charge on any atom is -0.326 e. The highest BCUT2D eigenvalue weighted by atomic mass is 79.9. The van der Waals surface area contributed by atoms with E-state index in [-0.39, 0.29) is 6.04 Å². The van der Waals surface area contributed by atoms with Gasteiger partial charge in [0.15, 0.2) is 0 Å². The molecule has 0 spiro atoms. The normalized spacial score (nSPS) is 14.3. The van der Waals surface area contributed by atoms with Crippen LogP contribution in [0.5, 0.6) is 0 Å². The third kappa shape index (κ3) is 4.01. The lowest BCUT2D eigenvalue weighted by atomic mass is 10.1. The molecule has 0 aromatic carbocycles. The summed E-state index contributed by atoms with van der Waals surface area (Å²) in [5, 5.41) is 0. The lowest BCUT2D eigenvalue weighted by Gasteiger charge is -2.25. The number of nitrogens with two attached hydrogens (primary N) is 1. The summed E-state index contributed by atoms with van der Waals surface area (Å²) in [7, 11) is -1.83. The first kappa shape index (κ1) is 17.1. The fraction of sp³-hybridized carbons (Fsp3) is 0.667. The summed E-state index contributed by atoms with van der Waals surface area (Å²) in [6, 6.07) is 1.63. The third-order valence-corrected chi connectivity index (χ3v) is 7.24. The first-order chi connectivity index (χ1) is 8.70. The van der Waals surface area contributed by atoms with Gasteiger partial charge in [-0.15, -0.1) is 11.3 Å². The van der Waals surface area contributed by atoms with Crippen molar-refractivity contribution >= 4 is 37.3 Å². The van der Waals surface area contributed by atoms with Crippen LogP contribution in [0.4, 0.5) is 0 Å². The van der Waals surface area contributed by atoms with E-state index in [1.54, 1.807) is 13.1 Å². The molecule has 0 radical (unpaired) electrons. The highest BCUT2D eigenvalue weighted by molar-refractivity contribution is 9.11. The molecule has 1 aromatic heterocycles. The van der Waals surface area contributed by atoms with Gasteiger partial charge in [0.25, 0.3) is 0 Å². The molecule has 0 aliphatic heterocycles. The van der Waals surface area contributed by atoms with E-state index in [1.807, 2.05) is 6.92 Å². The fourth-order valence-electron chi connectivity index (χ4n) is 1.90. The molecule has 19 heavy (non-hydrogen) atoms. The molecule has 4 nitrogen and oxygen atoms in total. The van der Waals surface area contributed by atoms with Crippen molar-refractivity contribution in [2.75, 3.05) is 7.05 Å². The van der Waals surface area contributed by atoms with Crippen LogP contribution < -0.4 is 5.73 Å². The SMILES string of the molecule is CC(C)CC(C)N(C)S(=O)(=O)c1cc(CN)sc1Br. The van der Waals surface area contributed by atoms with Crippen molar-refractivity contribution in [1.29, 1.82) is 0 Å². The molecule has 0 bridgehead atoms. The Kier molecular flexibility index (Phi) is 6.00. The Morgan fingerprint density at radius 3 is 2.42 bits per heavy atom. The Labute approximate surface area is 128 Å². The highest BCUT2D eigenvalue weighted by Gasteiger charge is 2.29. The summed E-state index contributed by atoms with van der Waals surface area (Å²) in [5.74, 6) is 0.457. The average molecular weight is 369 g/mol. The van der Waals surface area contributed by atoms with Crippen LogP contribution in [0.3, 0.4) is 0 Å². The number of hydrogen-bond acceptors (Lipinski definition) is 4. The summed E-state index contributed by atoms with van der Waals surface area (Å²) in [6.45, 7) is 6.46. The molecule has 0 saturated heterocycles. The third-order valence-electron chi connectivity index (χ3n) is 3.00. The van der Waals surface area contributed by atoms with Gasteiger partial charge < -0.3 is 5.73 Å². The van der Waals surface area contributed by atoms with Crippen LogP contribution in [-0.2, 0) is 16.6 Å². The van der Waals surface area contributed by atoms with Crippen LogP contribution >= 0.6 is 27.3 Å². The lowest BCUT2D eigenvalue weighted by Crippen LogP contribution is -2.35. The van der Waals surface area contributed by atoms with Crippen molar-refractivity contribution in [3.63, 3.8) is 0 Å². The van der Waals surface area contributed by atoms with Crippen molar-refractivity contribution in [2.45, 2.75) is 44.7 Å². The zero-order valence-corrected chi connectivity index (χ0v) is 14.9. The van der Waals surface area contributed by atoms with Crippen molar-refractivity contribution in [1.82, 2.24) is 4.31 Å². The number of sulfonamides is 1. The maximum atomic E-state index is 12.6. The van der Waals surface area contributed by atoms with Crippen molar-refractivity contribution in [2.24, 2.45) is 11.7 Å². The second kappa shape index (κ2) is 6.67. The largest absolute Gasteiger partial charge is 0.326 e. The van der Waals surface area contributed by atoms with E-state index in [0.29, 0.717) is 21.1 Å². The quantitative estimate of drug-likeness (QED) is 0.838. The van der Waals surface area contributed by atoms with Gasteiger partial charge in [0.2, 0.25) is 10.0 Å². The van der Waals surface area contributed by atoms with Crippen LogP contribution in [0.1, 0.15) is 32.1 Å². The van der Waals surface area contributed by atoms with E-state index in [2.05, 4.69) is 29.8 Å². The molecule has 1 heterocycles. The van der Waals surface area contributed by atoms with Gasteiger partial charge in [0.1, 0.15) is 4.90 Å². The smallest absolute Gasteiger partial charge is 0.245 e. The van der Waals surface area contributed by atoms with E-state index in [9.17, 15) is 8.42 Å². The van der Waals surface area contributed by atoms with E-state index in [4.69, 9.17) is 5.73 Å². The minimum absolute atomic E-state index is 0.0295. The molecular formula is C12H21BrN2O2S2. The summed E-state index contributed by atoms with van der Waals surface area (Å²) >= 11 is 4.69. The Hall–Kier alpha value is 0.0500. The standard InChI is InChI=1S/C12H21BrN2O2S2/c1-8(2)5-9(3)15(4)19(16,17)11-6-10(7-14)18-12(11)13/h6,8-9H,5,7,14H2,1-4H3. The number of hydrogen-bond donors (Lipinski definition) is 1. The van der Waals surface area contributed by atoms with Crippen LogP contribution in [-0.4, -0.2) is 25.8 Å². The topological polar surface area (TPSA) is 63.4 Å². The fourth-order valence-corrected chi connectivity index (χ4v) is 5.78. The zero-order valence-electron chi connectivity index (χ0n) is 11.7. The van der Waals surface area contributed by atoms with Gasteiger partial charge in [-0.3, -0.25) is 0 Å². The molecule has 1 unspecified atom stereocenters. The summed E-state index contributed by atoms with van der Waals surface area (Å²) in [6.07, 6.45) is 0.835. The predicted octanol–water partition coefficient (Wildman–Crippen LogP) is 3.02. The summed E-state index contributed by atoms with van der Waals surface area (Å²) < 4.78 is 27.2. The maximum Gasteiger partial charge on any atom is 0.245 e. The summed E-state index contributed by atoms with van der Waals surface area (Å²) in [4.78, 5) is 1.17. The number of thiophene rings is 1. The van der Waals surface area contributed by atoms with Crippen molar-refractivity contribution in [3.05, 3.63) is 14.7 Å². The van der Waals surface area contributed by atoms with Gasteiger partial charge in [-0.2, -0.15) is 4.31 Å². The molecule has 1 aromatic rings. The van der Waals surface area contributed by atoms with Gasteiger partial charge >= 0.3 is 0 Å². The zero-order chi connectivity index (χ0) is 14.8. The first-order valence-corrected chi connectivity index (χ1v) is 9.21. The molecule has 110 valence electrons. The summed E-state index contributed by atoms with van der Waals surface area (Å²) in [5.41, 5.74) is 5.56. The van der Waals surface area contributed by atoms with E-state index >= 15 is 0 Å². The Morgan fingerprint density at radius 2 is 2.00 bits per heavy atom. The molecule has 0 saturated carbocycles. The van der Waals surface area contributed by atoms with Crippen LogP contribution in [0.15, 0.2) is 14.7 Å². The Balaban J connectivity index is 3.05. The van der Waals surface area contributed by atoms with Gasteiger partial charge in [-0.1, -0.05) is 13.8 Å². The van der Waals surface area contributed by atoms with Crippen LogP contribution in [0, 0.1) is 5.92 Å². The Morgan fingerprint density at radius 1 is 1.42 bits per heavy atom. The van der Waals surface area contributed by atoms with E-state index in [0.717, 1.165) is 11.3 Å². The molecule has 1 rings (SSSR count). The maximum absolute atomic E-state index is 12.6. The van der Waals surface area contributed by atoms with Gasteiger partial charge in [-0.25, -0.2) is 8.42 Å². The van der Waals surface area contributed by atoms with Crippen molar-refractivity contribution in [3.8, 4) is 0 Å². The molecule has 0 amide bonds. The van der Waals surface area contributed by atoms with Gasteiger partial charge in [0, 0.05) is 24.5 Å². The van der Waals surface area contributed by atoms with E-state index in [1.165, 1.54) is 15.6 Å². The molecule has 2 N–H and O–H groups in total. The number of halogens is 1. The van der Waals surface area contributed by atoms with E-state index < -0.39 is 10.0 Å². The lowest BCUT2D eigenvalue weighted by molar-refractivity contribution is 0.338. The molecule has 0 aliphatic carbocycles. The van der Waals surface area contributed by atoms with Crippen LogP contribution in [0.2, 0.25) is 0 Å². The highest BCUT2D eigenvalue weighted by Crippen LogP contribution is 2.33.